The van der Waals surface area contributed by atoms with Crippen LogP contribution < -0.4 is 21.3 Å². The maximum Gasteiger partial charge on any atom is 0.247 e. The summed E-state index contributed by atoms with van der Waals surface area (Å²) in [4.78, 5) is 60.2. The molecule has 11 nitrogen and oxygen atoms in total. The molecule has 3 aliphatic carbocycles. The second kappa shape index (κ2) is 19.1. The minimum absolute atomic E-state index is 0.00988. The van der Waals surface area contributed by atoms with Gasteiger partial charge >= 0.3 is 0 Å². The van der Waals surface area contributed by atoms with Crippen molar-refractivity contribution in [1.29, 1.82) is 0 Å². The van der Waals surface area contributed by atoms with Crippen LogP contribution in [0.2, 0.25) is 0 Å². The molecule has 7 atom stereocenters. The molecule has 1 aromatic rings. The van der Waals surface area contributed by atoms with Crippen molar-refractivity contribution in [1.82, 2.24) is 36.0 Å². The lowest BCUT2D eigenvalue weighted by molar-refractivity contribution is -0.144. The molecule has 3 saturated heterocycles. The first kappa shape index (κ1) is 47.9. The Bertz CT molecular complexity index is 1760. The van der Waals surface area contributed by atoms with Gasteiger partial charge in [-0.2, -0.15) is 0 Å². The number of carbonyl (C=O) groups excluding carboxylic acids is 4. The minimum Gasteiger partial charge on any atom is -0.390 e. The molecule has 0 radical (unpaired) electrons. The Balaban J connectivity index is 0.000000702. The van der Waals surface area contributed by atoms with Gasteiger partial charge in [0.1, 0.15) is 18.1 Å². The Kier molecular flexibility index (Phi) is 15.0. The summed E-state index contributed by atoms with van der Waals surface area (Å²) in [5.74, 6) is -0.575. The molecule has 11 heteroatoms. The molecule has 4 amide bonds. The molecule has 2 spiro atoms. The van der Waals surface area contributed by atoms with Crippen LogP contribution in [-0.2, 0) is 19.2 Å². The Morgan fingerprint density at radius 1 is 0.902 bits per heavy atom. The van der Waals surface area contributed by atoms with Crippen molar-refractivity contribution in [2.45, 2.75) is 149 Å². The lowest BCUT2D eigenvalue weighted by Gasteiger charge is -2.39. The molecule has 3 heterocycles. The van der Waals surface area contributed by atoms with Crippen LogP contribution in [0.5, 0.6) is 0 Å². The van der Waals surface area contributed by atoms with E-state index in [9.17, 15) is 14.4 Å². The average Bonchev–Trinajstić information content (AvgIpc) is 3.71. The van der Waals surface area contributed by atoms with E-state index in [2.05, 4.69) is 66.7 Å². The van der Waals surface area contributed by atoms with Crippen molar-refractivity contribution in [3.05, 3.63) is 73.1 Å². The van der Waals surface area contributed by atoms with Crippen LogP contribution in [-0.4, -0.2) is 102 Å². The van der Waals surface area contributed by atoms with Crippen LogP contribution in [0.1, 0.15) is 131 Å². The van der Waals surface area contributed by atoms with Gasteiger partial charge in [-0.3, -0.25) is 24.1 Å². The monoisotopic (exact) mass is 842 g/mol. The summed E-state index contributed by atoms with van der Waals surface area (Å²) in [5, 5.41) is 13.3. The van der Waals surface area contributed by atoms with Gasteiger partial charge in [-0.15, -0.1) is 6.58 Å². The van der Waals surface area contributed by atoms with Gasteiger partial charge in [0.2, 0.25) is 24.1 Å². The third-order valence-electron chi connectivity index (χ3n) is 15.7. The number of carbonyl (C=O) groups is 4. The normalized spacial score (nSPS) is 29.0. The fourth-order valence-corrected chi connectivity index (χ4v) is 11.6. The first-order valence-electron chi connectivity index (χ1n) is 23.3. The zero-order valence-electron chi connectivity index (χ0n) is 39.1. The van der Waals surface area contributed by atoms with Gasteiger partial charge in [0.15, 0.2) is 0 Å². The van der Waals surface area contributed by atoms with E-state index in [0.717, 1.165) is 88.1 Å². The standard InChI is InChI=1S/C43H64N6O3.C5H9NO.C2H6/c1-11-31-25-43(31,29(4)44-10)47-36(50)33-26-42(40(8,9)41(42)22-18-23-41)27-49(33)38(52)35(39(5,6)7)46-37(51)34(30-19-14-13-15-20-30)45-28(3)32-21-16-17-24-48(32)12-2;7-5-6-3-1-2-4-6;1-2/h11,13-15,19-20,31-35,44-45H,1,3-4,12,16-18,21-27H2,2,5-10H3,(H,46,51)(H,47,50);5H,1-4H2;1-2H3/t31-,32+,33+,34?,35-,42?,43+;;/m1../s1. The molecule has 338 valence electrons. The molecule has 6 fully saturated rings. The molecule has 3 saturated carbocycles. The smallest absolute Gasteiger partial charge is 0.247 e. The maximum atomic E-state index is 15.1. The lowest BCUT2D eigenvalue weighted by Crippen LogP contribution is -2.60. The molecule has 3 aliphatic heterocycles. The number of likely N-dealkylation sites (N-methyl/N-ethyl adjacent to an activating group) is 2. The number of piperidine rings is 1. The first-order valence-corrected chi connectivity index (χ1v) is 23.3. The Labute approximate surface area is 368 Å². The topological polar surface area (TPSA) is 126 Å². The minimum atomic E-state index is -0.865. The van der Waals surface area contributed by atoms with Crippen LogP contribution in [0.3, 0.4) is 0 Å². The Morgan fingerprint density at radius 2 is 1.54 bits per heavy atom. The molecule has 61 heavy (non-hydrogen) atoms. The van der Waals surface area contributed by atoms with Gasteiger partial charge in [0.05, 0.1) is 5.54 Å². The van der Waals surface area contributed by atoms with Gasteiger partial charge in [0, 0.05) is 55.5 Å². The van der Waals surface area contributed by atoms with E-state index in [1.54, 1.807) is 4.90 Å². The molecule has 4 N–H and O–H groups in total. The number of hydrogen-bond acceptors (Lipinski definition) is 7. The summed E-state index contributed by atoms with van der Waals surface area (Å²) in [5.41, 5.74) is 1.12. The van der Waals surface area contributed by atoms with Crippen molar-refractivity contribution in [2.24, 2.45) is 27.6 Å². The van der Waals surface area contributed by atoms with E-state index in [1.165, 1.54) is 19.3 Å². The lowest BCUT2D eigenvalue weighted by atomic mass is 9.73. The van der Waals surface area contributed by atoms with Gasteiger partial charge in [-0.05, 0) is 86.3 Å². The highest BCUT2D eigenvalue weighted by atomic mass is 16.2. The van der Waals surface area contributed by atoms with Crippen molar-refractivity contribution >= 4 is 24.1 Å². The summed E-state index contributed by atoms with van der Waals surface area (Å²) in [6, 6.07) is 7.55. The molecule has 2 unspecified atom stereocenters. The SMILES string of the molecule is C=C[C@@H]1C[C@]1(NC(=O)[C@@H]1CC2(CN1C(=O)[C@@H](NC(=O)C(NC(=C)[C@@H]1CCCCN1CC)c1ccccc1)C(C)(C)C)C(C)(C)C21CCC1)C(=C)NC.CC.O=CN1CCCC1. The predicted molar refractivity (Wildman–Crippen MR) is 246 cm³/mol. The van der Waals surface area contributed by atoms with Gasteiger partial charge in [-0.1, -0.05) is 118 Å². The largest absolute Gasteiger partial charge is 0.390 e. The molecule has 0 bridgehead atoms. The summed E-state index contributed by atoms with van der Waals surface area (Å²) in [6.45, 7) is 33.8. The van der Waals surface area contributed by atoms with Crippen LogP contribution >= 0.6 is 0 Å². The van der Waals surface area contributed by atoms with E-state index in [-0.39, 0.29) is 45.9 Å². The number of hydrogen-bond donors (Lipinski definition) is 4. The fraction of sp³-hybridized carbons (Fsp3) is 0.680. The van der Waals surface area contributed by atoms with Crippen molar-refractivity contribution in [3.63, 3.8) is 0 Å². The zero-order valence-corrected chi connectivity index (χ0v) is 39.1. The second-order valence-corrected chi connectivity index (χ2v) is 19.9. The van der Waals surface area contributed by atoms with E-state index in [0.29, 0.717) is 13.0 Å². The molecule has 6 aliphatic rings. The highest BCUT2D eigenvalue weighted by Crippen LogP contribution is 2.88. The number of nitrogens with zero attached hydrogens (tertiary/aromatic N) is 3. The first-order chi connectivity index (χ1) is 29.0. The molecule has 7 rings (SSSR count). The molecule has 1 aromatic carbocycles. The van der Waals surface area contributed by atoms with Crippen LogP contribution in [0, 0.1) is 27.6 Å². The van der Waals surface area contributed by atoms with Crippen molar-refractivity contribution in [3.8, 4) is 0 Å². The molecule has 0 aromatic heterocycles. The summed E-state index contributed by atoms with van der Waals surface area (Å²) < 4.78 is 0. The summed E-state index contributed by atoms with van der Waals surface area (Å²) in [6.07, 6.45) is 13.2. The number of rotatable bonds is 14. The van der Waals surface area contributed by atoms with E-state index >= 15 is 4.79 Å². The Hall–Kier alpha value is -4.12. The number of fused-ring (bicyclic) bond motifs is 1. The highest BCUT2D eigenvalue weighted by molar-refractivity contribution is 5.95. The van der Waals surface area contributed by atoms with Gasteiger partial charge < -0.3 is 31.1 Å². The second-order valence-electron chi connectivity index (χ2n) is 19.9. The van der Waals surface area contributed by atoms with Crippen LogP contribution in [0.4, 0.5) is 0 Å². The van der Waals surface area contributed by atoms with Crippen molar-refractivity contribution < 1.29 is 19.2 Å². The van der Waals surface area contributed by atoms with E-state index in [4.69, 9.17) is 0 Å². The summed E-state index contributed by atoms with van der Waals surface area (Å²) in [7, 11) is 1.82. The third-order valence-corrected chi connectivity index (χ3v) is 15.7. The third kappa shape index (κ3) is 8.92. The van der Waals surface area contributed by atoms with Crippen molar-refractivity contribution in [2.75, 3.05) is 39.8 Å². The number of benzene rings is 1. The Morgan fingerprint density at radius 3 is 2.03 bits per heavy atom. The number of likely N-dealkylation sites (tertiary alicyclic amines) is 3. The quantitative estimate of drug-likeness (QED) is 0.117. The maximum absolute atomic E-state index is 15.1. The molecular formula is C50H79N7O4. The average molecular weight is 842 g/mol. The number of nitrogens with one attached hydrogen (secondary N) is 4. The fourth-order valence-electron chi connectivity index (χ4n) is 11.6. The van der Waals surface area contributed by atoms with Gasteiger partial charge in [0.25, 0.3) is 0 Å². The predicted octanol–water partition coefficient (Wildman–Crippen LogP) is 7.09. The highest BCUT2D eigenvalue weighted by Gasteiger charge is 2.85. The van der Waals surface area contributed by atoms with E-state index < -0.39 is 29.1 Å². The van der Waals surface area contributed by atoms with Crippen LogP contribution in [0.15, 0.2) is 67.5 Å². The van der Waals surface area contributed by atoms with Gasteiger partial charge in [-0.25, -0.2) is 0 Å². The zero-order chi connectivity index (χ0) is 45.0. The van der Waals surface area contributed by atoms with E-state index in [1.807, 2.05) is 83.0 Å². The van der Waals surface area contributed by atoms with Crippen LogP contribution in [0.25, 0.3) is 0 Å². The molecular weight excluding hydrogens is 763 g/mol. The number of amides is 4. The summed E-state index contributed by atoms with van der Waals surface area (Å²) >= 11 is 0.